The van der Waals surface area contributed by atoms with Gasteiger partial charge in [0.1, 0.15) is 21.5 Å². The van der Waals surface area contributed by atoms with Gasteiger partial charge in [-0.05, 0) is 23.3 Å². The van der Waals surface area contributed by atoms with Gasteiger partial charge in [-0.3, -0.25) is 0 Å². The van der Waals surface area contributed by atoms with Crippen LogP contribution in [-0.4, -0.2) is 41.4 Å². The number of benzene rings is 1. The van der Waals surface area contributed by atoms with Crippen molar-refractivity contribution in [2.75, 3.05) is 0 Å². The van der Waals surface area contributed by atoms with Gasteiger partial charge in [0.25, 0.3) is 0 Å². The average Bonchev–Trinajstić information content (AvgIpc) is 2.75. The molecule has 0 saturated carbocycles. The summed E-state index contributed by atoms with van der Waals surface area (Å²) in [5.74, 6) is -2.25. The van der Waals surface area contributed by atoms with Crippen LogP contribution in [0.2, 0.25) is 0 Å². The van der Waals surface area contributed by atoms with Crippen LogP contribution in [0.4, 0.5) is 4.39 Å². The lowest BCUT2D eigenvalue weighted by molar-refractivity contribution is 0.0687. The molecule has 5 nitrogen and oxygen atoms in total. The van der Waals surface area contributed by atoms with E-state index in [1.807, 2.05) is 0 Å². The summed E-state index contributed by atoms with van der Waals surface area (Å²) in [5, 5.41) is 19.3. The van der Waals surface area contributed by atoms with E-state index in [0.717, 1.165) is 5.56 Å². The zero-order valence-electron chi connectivity index (χ0n) is 11.8. The number of hydrogen-bond acceptors (Lipinski definition) is 3. The summed E-state index contributed by atoms with van der Waals surface area (Å²) in [6.07, 6.45) is 1.29. The van der Waals surface area contributed by atoms with Gasteiger partial charge in [0.2, 0.25) is 0 Å². The van der Waals surface area contributed by atoms with E-state index in [0.29, 0.717) is 5.52 Å². The molecular weight excluding hydrogens is 297 g/mol. The molecule has 3 rings (SSSR count). The van der Waals surface area contributed by atoms with E-state index in [4.69, 9.17) is 20.8 Å². The van der Waals surface area contributed by atoms with Crippen LogP contribution < -0.4 is 11.1 Å². The highest BCUT2D eigenvalue weighted by Crippen LogP contribution is 2.26. The Morgan fingerprint density at radius 3 is 2.52 bits per heavy atom. The fourth-order valence-corrected chi connectivity index (χ4v) is 2.46. The molecule has 4 radical (unpaired) electrons. The van der Waals surface area contributed by atoms with E-state index in [1.54, 1.807) is 16.7 Å². The molecule has 1 aromatic carbocycles. The zero-order valence-corrected chi connectivity index (χ0v) is 11.8. The first-order valence-electron chi connectivity index (χ1n) is 6.63. The summed E-state index contributed by atoms with van der Waals surface area (Å²) in [5.41, 5.74) is 0.903. The summed E-state index contributed by atoms with van der Waals surface area (Å²) >= 11 is 0. The van der Waals surface area contributed by atoms with Crippen molar-refractivity contribution in [2.45, 2.75) is 6.54 Å². The summed E-state index contributed by atoms with van der Waals surface area (Å²) in [6, 6.07) is 5.82. The molecule has 3 aromatic rings. The quantitative estimate of drug-likeness (QED) is 0.679. The van der Waals surface area contributed by atoms with Crippen LogP contribution in [0.5, 0.6) is 5.75 Å². The minimum atomic E-state index is -1.37. The second kappa shape index (κ2) is 5.46. The summed E-state index contributed by atoms with van der Waals surface area (Å²) in [4.78, 5) is 14.8. The van der Waals surface area contributed by atoms with Crippen molar-refractivity contribution in [1.29, 1.82) is 0 Å². The number of rotatable bonds is 3. The van der Waals surface area contributed by atoms with Crippen molar-refractivity contribution in [3.05, 3.63) is 47.5 Å². The van der Waals surface area contributed by atoms with E-state index in [-0.39, 0.29) is 28.8 Å². The van der Waals surface area contributed by atoms with Crippen LogP contribution >= 0.6 is 0 Å². The molecule has 2 heterocycles. The van der Waals surface area contributed by atoms with E-state index < -0.39 is 17.4 Å². The number of carboxylic acid groups (broad SMARTS) is 1. The number of aromatic hydroxyl groups is 1. The monoisotopic (exact) mass is 306 g/mol. The van der Waals surface area contributed by atoms with Gasteiger partial charge in [0.15, 0.2) is 11.4 Å². The lowest BCUT2D eigenvalue weighted by Crippen LogP contribution is -2.30. The molecular formula is C15H9B2FN2O3. The third kappa shape index (κ3) is 2.46. The Morgan fingerprint density at radius 1 is 1.26 bits per heavy atom. The first kappa shape index (κ1) is 15.1. The molecule has 0 unspecified atom stereocenters. The summed E-state index contributed by atoms with van der Waals surface area (Å²) < 4.78 is 14.6. The number of aromatic nitrogens is 2. The Labute approximate surface area is 133 Å². The highest BCUT2D eigenvalue weighted by Gasteiger charge is 2.20. The Hall–Kier alpha value is -2.76. The van der Waals surface area contributed by atoms with E-state index in [2.05, 4.69) is 4.98 Å². The third-order valence-corrected chi connectivity index (χ3v) is 3.62. The second-order valence-corrected chi connectivity index (χ2v) is 5.03. The zero-order chi connectivity index (χ0) is 16.7. The Balaban J connectivity index is 2.18. The van der Waals surface area contributed by atoms with Crippen LogP contribution in [0.1, 0.15) is 16.1 Å². The highest BCUT2D eigenvalue weighted by molar-refractivity contribution is 6.53. The predicted molar refractivity (Wildman–Crippen MR) is 84.6 cm³/mol. The smallest absolute Gasteiger partial charge is 0.358 e. The normalized spacial score (nSPS) is 11.0. The van der Waals surface area contributed by atoms with E-state index in [9.17, 15) is 14.3 Å². The molecule has 0 fully saturated rings. The van der Waals surface area contributed by atoms with Crippen LogP contribution in [0, 0.1) is 5.82 Å². The van der Waals surface area contributed by atoms with Gasteiger partial charge < -0.3 is 14.8 Å². The third-order valence-electron chi connectivity index (χ3n) is 3.62. The Bertz CT molecular complexity index is 923. The van der Waals surface area contributed by atoms with Crippen molar-refractivity contribution >= 4 is 43.6 Å². The second-order valence-electron chi connectivity index (χ2n) is 5.03. The number of carbonyl (C=O) groups is 1. The molecule has 8 heteroatoms. The van der Waals surface area contributed by atoms with Crippen molar-refractivity contribution in [1.82, 2.24) is 9.55 Å². The fraction of sp³-hybridized carbons (Fsp3) is 0.0667. The number of hydrogen-bond donors (Lipinski definition) is 2. The maximum absolute atomic E-state index is 13.0. The molecule has 0 spiro atoms. The maximum atomic E-state index is 13.0. The van der Waals surface area contributed by atoms with Gasteiger partial charge in [-0.15, -0.1) is 0 Å². The predicted octanol–water partition coefficient (Wildman–Crippen LogP) is 0.215. The first-order valence-corrected chi connectivity index (χ1v) is 6.63. The standard InChI is InChI=1S/C15H9B2FN2O3/c16-11-10-9(5-19-12(13(10)21)15(22)23)20(14(11)17)6-7-1-3-8(18)4-2-7/h1-5,21H,6H2,(H,22,23). The minimum Gasteiger partial charge on any atom is -0.505 e. The number of fused-ring (bicyclic) bond motifs is 1. The molecule has 0 amide bonds. The van der Waals surface area contributed by atoms with Gasteiger partial charge in [0.05, 0.1) is 11.7 Å². The van der Waals surface area contributed by atoms with Crippen molar-refractivity contribution in [3.8, 4) is 5.75 Å². The maximum Gasteiger partial charge on any atom is 0.358 e. The SMILES string of the molecule is [B]c1c([B])n(Cc2ccc(F)cc2)c2cnc(C(=O)O)c(O)c12. The topological polar surface area (TPSA) is 75.4 Å². The summed E-state index contributed by atoms with van der Waals surface area (Å²) in [7, 11) is 11.9. The number of pyridine rings is 1. The molecule has 2 aromatic heterocycles. The molecule has 2 N–H and O–H groups in total. The number of aromatic carboxylic acids is 1. The Kier molecular flexibility index (Phi) is 3.60. The van der Waals surface area contributed by atoms with Gasteiger partial charge in [-0.1, -0.05) is 17.6 Å². The molecule has 110 valence electrons. The van der Waals surface area contributed by atoms with Crippen LogP contribution in [0.15, 0.2) is 30.5 Å². The van der Waals surface area contributed by atoms with Gasteiger partial charge >= 0.3 is 5.97 Å². The lowest BCUT2D eigenvalue weighted by Gasteiger charge is -2.09. The number of halogens is 1. The van der Waals surface area contributed by atoms with Crippen LogP contribution in [0.25, 0.3) is 10.9 Å². The van der Waals surface area contributed by atoms with Crippen molar-refractivity contribution in [2.24, 2.45) is 0 Å². The molecule has 0 saturated heterocycles. The van der Waals surface area contributed by atoms with E-state index in [1.165, 1.54) is 18.3 Å². The van der Waals surface area contributed by atoms with Crippen LogP contribution in [-0.2, 0) is 6.54 Å². The van der Waals surface area contributed by atoms with Gasteiger partial charge in [0, 0.05) is 11.9 Å². The molecule has 0 aliphatic heterocycles. The first-order chi connectivity index (χ1) is 10.9. The average molecular weight is 306 g/mol. The highest BCUT2D eigenvalue weighted by atomic mass is 19.1. The number of carboxylic acids is 1. The Morgan fingerprint density at radius 2 is 1.91 bits per heavy atom. The van der Waals surface area contributed by atoms with Crippen molar-refractivity contribution in [3.63, 3.8) is 0 Å². The lowest BCUT2D eigenvalue weighted by atomic mass is 9.84. The van der Waals surface area contributed by atoms with Crippen LogP contribution in [0.3, 0.4) is 0 Å². The molecule has 0 aliphatic carbocycles. The number of nitrogens with zero attached hydrogens (tertiary/aromatic N) is 2. The minimum absolute atomic E-state index is 0.0736. The molecule has 0 aliphatic rings. The fourth-order valence-electron chi connectivity index (χ4n) is 2.46. The summed E-state index contributed by atoms with van der Waals surface area (Å²) in [6.45, 7) is 0.271. The van der Waals surface area contributed by atoms with E-state index >= 15 is 0 Å². The van der Waals surface area contributed by atoms with Gasteiger partial charge in [-0.25, -0.2) is 14.2 Å². The molecule has 0 atom stereocenters. The van der Waals surface area contributed by atoms with Gasteiger partial charge in [-0.2, -0.15) is 0 Å². The largest absolute Gasteiger partial charge is 0.505 e. The molecule has 23 heavy (non-hydrogen) atoms. The van der Waals surface area contributed by atoms with Crippen molar-refractivity contribution < 1.29 is 19.4 Å². The molecule has 0 bridgehead atoms.